The second-order valence-electron chi connectivity index (χ2n) is 18.0. The number of hydrogen-bond donors (Lipinski definition) is 0. The first-order valence-electron chi connectivity index (χ1n) is 23.8. The van der Waals surface area contributed by atoms with Crippen LogP contribution in [0, 0.1) is 0 Å². The second-order valence-corrected chi connectivity index (χ2v) is 18.0. The van der Waals surface area contributed by atoms with Gasteiger partial charge < -0.3 is 9.13 Å². The summed E-state index contributed by atoms with van der Waals surface area (Å²) in [6.45, 7) is 0. The highest BCUT2D eigenvalue weighted by atomic mass is 15.0. The minimum absolute atomic E-state index is 0.606. The Hall–Kier alpha value is -9.45. The second kappa shape index (κ2) is 16.1. The van der Waals surface area contributed by atoms with Crippen molar-refractivity contribution in [2.45, 2.75) is 0 Å². The van der Waals surface area contributed by atoms with E-state index < -0.39 is 0 Å². The van der Waals surface area contributed by atoms with Gasteiger partial charge in [0.15, 0.2) is 17.5 Å². The van der Waals surface area contributed by atoms with E-state index in [0.29, 0.717) is 17.5 Å². The van der Waals surface area contributed by atoms with Crippen LogP contribution in [-0.2, 0) is 0 Å². The van der Waals surface area contributed by atoms with Crippen molar-refractivity contribution in [2.24, 2.45) is 0 Å². The fourth-order valence-corrected chi connectivity index (χ4v) is 10.7. The van der Waals surface area contributed by atoms with E-state index in [4.69, 9.17) is 15.0 Å². The molecule has 0 N–H and O–H groups in total. The topological polar surface area (TPSA) is 48.5 Å². The van der Waals surface area contributed by atoms with E-state index in [0.717, 1.165) is 66.5 Å². The van der Waals surface area contributed by atoms with Crippen molar-refractivity contribution in [3.63, 3.8) is 0 Å². The van der Waals surface area contributed by atoms with Crippen molar-refractivity contribution in [3.8, 4) is 67.8 Å². The fourth-order valence-electron chi connectivity index (χ4n) is 10.7. The summed E-state index contributed by atoms with van der Waals surface area (Å²) in [7, 11) is 0. The monoisotopic (exact) mass is 891 g/mol. The maximum Gasteiger partial charge on any atom is 0.164 e. The summed E-state index contributed by atoms with van der Waals surface area (Å²) in [5, 5.41) is 9.53. The van der Waals surface area contributed by atoms with Crippen LogP contribution < -0.4 is 0 Å². The average molecular weight is 892 g/mol. The Kier molecular flexibility index (Phi) is 9.14. The van der Waals surface area contributed by atoms with Gasteiger partial charge in [-0.3, -0.25) is 0 Å². The molecule has 0 bridgehead atoms. The van der Waals surface area contributed by atoms with Crippen LogP contribution in [0.4, 0.5) is 0 Å². The zero-order valence-corrected chi connectivity index (χ0v) is 37.9. The molecule has 11 aromatic carbocycles. The molecule has 0 radical (unpaired) electrons. The van der Waals surface area contributed by atoms with E-state index in [1.54, 1.807) is 0 Å². The van der Waals surface area contributed by atoms with Crippen LogP contribution in [0.2, 0.25) is 0 Å². The van der Waals surface area contributed by atoms with Gasteiger partial charge in [-0.2, -0.15) is 0 Å². The first-order valence-corrected chi connectivity index (χ1v) is 23.8. The zero-order chi connectivity index (χ0) is 46.1. The molecular formula is C65H41N5. The van der Waals surface area contributed by atoms with Crippen molar-refractivity contribution < 1.29 is 0 Å². The van der Waals surface area contributed by atoms with Gasteiger partial charge in [0, 0.05) is 49.3 Å². The lowest BCUT2D eigenvalue weighted by atomic mass is 9.94. The molecule has 0 aliphatic rings. The average Bonchev–Trinajstić information content (AvgIpc) is 3.94. The third-order valence-corrected chi connectivity index (χ3v) is 13.9. The lowest BCUT2D eigenvalue weighted by Gasteiger charge is -2.15. The van der Waals surface area contributed by atoms with Crippen molar-refractivity contribution in [1.82, 2.24) is 24.1 Å². The molecule has 0 amide bonds. The molecule has 0 saturated heterocycles. The minimum Gasteiger partial charge on any atom is -0.309 e. The van der Waals surface area contributed by atoms with Gasteiger partial charge in [-0.05, 0) is 93.0 Å². The first kappa shape index (κ1) is 39.7. The van der Waals surface area contributed by atoms with Gasteiger partial charge in [-0.15, -0.1) is 0 Å². The summed E-state index contributed by atoms with van der Waals surface area (Å²) in [5.74, 6) is 1.85. The molecule has 5 heteroatoms. The summed E-state index contributed by atoms with van der Waals surface area (Å²) in [6.07, 6.45) is 0. The van der Waals surface area contributed by atoms with Crippen LogP contribution in [0.3, 0.4) is 0 Å². The van der Waals surface area contributed by atoms with Crippen molar-refractivity contribution in [1.29, 1.82) is 0 Å². The smallest absolute Gasteiger partial charge is 0.164 e. The molecule has 70 heavy (non-hydrogen) atoms. The summed E-state index contributed by atoms with van der Waals surface area (Å²) >= 11 is 0. The number of fused-ring (bicyclic) bond motifs is 9. The summed E-state index contributed by atoms with van der Waals surface area (Å²) < 4.78 is 4.92. The van der Waals surface area contributed by atoms with E-state index in [9.17, 15) is 0 Å². The minimum atomic E-state index is 0.606. The lowest BCUT2D eigenvalue weighted by Crippen LogP contribution is -2.02. The van der Waals surface area contributed by atoms with E-state index in [1.807, 2.05) is 24.3 Å². The van der Waals surface area contributed by atoms with Gasteiger partial charge in [0.25, 0.3) is 0 Å². The van der Waals surface area contributed by atoms with E-state index in [-0.39, 0.29) is 0 Å². The highest BCUT2D eigenvalue weighted by molar-refractivity contribution is 6.27. The van der Waals surface area contributed by atoms with Crippen molar-refractivity contribution >= 4 is 65.2 Å². The summed E-state index contributed by atoms with van der Waals surface area (Å²) in [6, 6.07) is 88.9. The quantitative estimate of drug-likeness (QED) is 0.160. The van der Waals surface area contributed by atoms with E-state index >= 15 is 0 Å². The lowest BCUT2D eigenvalue weighted by molar-refractivity contribution is 1.07. The number of benzene rings is 11. The predicted octanol–water partition coefficient (Wildman–Crippen LogP) is 16.7. The molecule has 5 nitrogen and oxygen atoms in total. The van der Waals surface area contributed by atoms with Crippen LogP contribution in [0.25, 0.3) is 133 Å². The molecule has 14 aromatic rings. The molecule has 3 heterocycles. The fraction of sp³-hybridized carbons (Fsp3) is 0. The third-order valence-electron chi connectivity index (χ3n) is 13.9. The van der Waals surface area contributed by atoms with E-state index in [2.05, 4.69) is 234 Å². The molecule has 0 unspecified atom stereocenters. The maximum atomic E-state index is 5.32. The van der Waals surface area contributed by atoms with Crippen LogP contribution in [0.1, 0.15) is 0 Å². The van der Waals surface area contributed by atoms with Gasteiger partial charge in [0.2, 0.25) is 0 Å². The molecule has 0 spiro atoms. The Bertz CT molecular complexity index is 4330. The number of nitrogens with zero attached hydrogens (tertiary/aromatic N) is 5. The van der Waals surface area contributed by atoms with Gasteiger partial charge in [-0.1, -0.05) is 194 Å². The predicted molar refractivity (Wildman–Crippen MR) is 291 cm³/mol. The first-order chi connectivity index (χ1) is 34.7. The SMILES string of the molecule is c1ccc(-c2cccc(-c3nc(-c4ccccc4)nc(-c4cc(-n5c6ccccc6c6cc7c8c9ccccc9c(-c9ccccc9)cc8n(-c8ccccc8)c7cc65)c5ccccc5c4)n3)c2)cc1. The summed E-state index contributed by atoms with van der Waals surface area (Å²) in [5.41, 5.74) is 14.1. The molecule has 14 rings (SSSR count). The molecule has 0 atom stereocenters. The Balaban J connectivity index is 1.05. The Labute approximate surface area is 403 Å². The Morgan fingerprint density at radius 1 is 0.257 bits per heavy atom. The van der Waals surface area contributed by atoms with Crippen LogP contribution in [0.15, 0.2) is 249 Å². The molecule has 0 saturated carbocycles. The standard InChI is InChI=1S/C65H41N5/c1-5-20-42(21-6-1)45-27-19-28-47(36-45)64-66-63(44-24-9-3-10-25-44)67-65(68-64)48-37-46-26-13-14-31-50(46)58(38-48)70-57-35-18-17-33-52(57)55-39-56-60(41-59(55)70)69(49-29-11-4-12-30-49)61-40-54(43-22-7-2-8-23-43)51-32-15-16-34-53(51)62(56)61/h1-41H. The maximum absolute atomic E-state index is 5.32. The molecular weight excluding hydrogens is 851 g/mol. The van der Waals surface area contributed by atoms with Crippen molar-refractivity contribution in [2.75, 3.05) is 0 Å². The van der Waals surface area contributed by atoms with Gasteiger partial charge >= 0.3 is 0 Å². The molecule has 0 fully saturated rings. The van der Waals surface area contributed by atoms with Gasteiger partial charge in [0.1, 0.15) is 0 Å². The molecule has 0 aliphatic heterocycles. The van der Waals surface area contributed by atoms with Crippen LogP contribution in [0.5, 0.6) is 0 Å². The number of aromatic nitrogens is 5. The van der Waals surface area contributed by atoms with Crippen molar-refractivity contribution in [3.05, 3.63) is 249 Å². The molecule has 326 valence electrons. The Morgan fingerprint density at radius 2 is 0.800 bits per heavy atom. The number of para-hydroxylation sites is 2. The number of rotatable bonds is 7. The van der Waals surface area contributed by atoms with Crippen LogP contribution >= 0.6 is 0 Å². The highest BCUT2D eigenvalue weighted by Gasteiger charge is 2.23. The summed E-state index contributed by atoms with van der Waals surface area (Å²) in [4.78, 5) is 15.7. The van der Waals surface area contributed by atoms with E-state index in [1.165, 1.54) is 49.0 Å². The third kappa shape index (κ3) is 6.44. The zero-order valence-electron chi connectivity index (χ0n) is 37.9. The van der Waals surface area contributed by atoms with Gasteiger partial charge in [0.05, 0.1) is 27.8 Å². The Morgan fingerprint density at radius 3 is 1.54 bits per heavy atom. The molecule has 3 aromatic heterocycles. The van der Waals surface area contributed by atoms with Gasteiger partial charge in [-0.25, -0.2) is 15.0 Å². The normalized spacial score (nSPS) is 11.7. The van der Waals surface area contributed by atoms with Crippen LogP contribution in [-0.4, -0.2) is 24.1 Å². The largest absolute Gasteiger partial charge is 0.309 e. The highest BCUT2D eigenvalue weighted by Crippen LogP contribution is 2.45. The molecule has 0 aliphatic carbocycles. The number of hydrogen-bond acceptors (Lipinski definition) is 3.